The zero-order valence-electron chi connectivity index (χ0n) is 12.1. The molecule has 1 atom stereocenters. The number of nitriles is 1. The van der Waals surface area contributed by atoms with E-state index in [4.69, 9.17) is 14.7 Å². The third kappa shape index (κ3) is 5.29. The van der Waals surface area contributed by atoms with Gasteiger partial charge in [-0.25, -0.2) is 0 Å². The number of rotatable bonds is 9. The number of hydrogen-bond acceptors (Lipinski definition) is 4. The molecule has 6 heteroatoms. The first-order valence-electron chi connectivity index (χ1n) is 6.77. The maximum absolute atomic E-state index is 12.5. The van der Waals surface area contributed by atoms with Crippen molar-refractivity contribution >= 4 is 0 Å². The Morgan fingerprint density at radius 1 is 1.14 bits per heavy atom. The van der Waals surface area contributed by atoms with Crippen molar-refractivity contribution in [3.8, 4) is 11.8 Å². The monoisotopic (exact) mass is 299 g/mol. The Hall–Kier alpha value is -1.71. The van der Waals surface area contributed by atoms with E-state index >= 15 is 0 Å². The highest BCUT2D eigenvalue weighted by Crippen LogP contribution is 2.34. The summed E-state index contributed by atoms with van der Waals surface area (Å²) < 4.78 is 40.5. The van der Waals surface area contributed by atoms with E-state index in [2.05, 4.69) is 4.74 Å². The molecule has 116 valence electrons. The molecule has 0 aromatic heterocycles. The molecular weight excluding hydrogens is 280 g/mol. The van der Waals surface area contributed by atoms with Crippen LogP contribution in [0.3, 0.4) is 0 Å². The van der Waals surface area contributed by atoms with Crippen LogP contribution in [0.4, 0.5) is 8.78 Å². The second-order valence-corrected chi connectivity index (χ2v) is 4.16. The molecule has 0 fully saturated rings. The Bertz CT molecular complexity index is 456. The molecule has 0 aliphatic carbocycles. The van der Waals surface area contributed by atoms with Crippen molar-refractivity contribution in [2.45, 2.75) is 39.1 Å². The average Bonchev–Trinajstić information content (AvgIpc) is 2.45. The predicted molar refractivity (Wildman–Crippen MR) is 73.1 cm³/mol. The topological polar surface area (TPSA) is 51.5 Å². The standard InChI is InChI=1S/C15H19F2NO3/c1-3-19-14(20-4-2)12(9-10-18)11-7-5-6-8-13(11)21-15(16)17/h5-8,12,14-15H,3-4,9H2,1-2H3. The summed E-state index contributed by atoms with van der Waals surface area (Å²) in [6.45, 7) is 1.47. The lowest BCUT2D eigenvalue weighted by Crippen LogP contribution is -2.26. The van der Waals surface area contributed by atoms with Crippen molar-refractivity contribution in [2.24, 2.45) is 0 Å². The third-order valence-electron chi connectivity index (χ3n) is 2.84. The van der Waals surface area contributed by atoms with Crippen molar-refractivity contribution in [2.75, 3.05) is 13.2 Å². The number of benzene rings is 1. The fraction of sp³-hybridized carbons (Fsp3) is 0.533. The van der Waals surface area contributed by atoms with Gasteiger partial charge in [-0.05, 0) is 19.9 Å². The minimum Gasteiger partial charge on any atom is -0.435 e. The van der Waals surface area contributed by atoms with Crippen LogP contribution in [0.1, 0.15) is 31.7 Å². The van der Waals surface area contributed by atoms with Gasteiger partial charge in [0.1, 0.15) is 5.75 Å². The van der Waals surface area contributed by atoms with Crippen LogP contribution in [-0.4, -0.2) is 26.1 Å². The average molecular weight is 299 g/mol. The quantitative estimate of drug-likeness (QED) is 0.653. The van der Waals surface area contributed by atoms with Crippen LogP contribution < -0.4 is 4.74 Å². The van der Waals surface area contributed by atoms with Crippen LogP contribution in [0.2, 0.25) is 0 Å². The highest BCUT2D eigenvalue weighted by atomic mass is 19.3. The maximum atomic E-state index is 12.5. The first-order valence-corrected chi connectivity index (χ1v) is 6.77. The van der Waals surface area contributed by atoms with Crippen molar-refractivity contribution in [1.29, 1.82) is 5.26 Å². The van der Waals surface area contributed by atoms with Gasteiger partial charge in [0.15, 0.2) is 6.29 Å². The van der Waals surface area contributed by atoms with Crippen LogP contribution in [0.5, 0.6) is 5.75 Å². The van der Waals surface area contributed by atoms with Crippen LogP contribution in [0, 0.1) is 11.3 Å². The molecule has 0 bridgehead atoms. The largest absolute Gasteiger partial charge is 0.435 e. The van der Waals surface area contributed by atoms with Gasteiger partial charge in [0.25, 0.3) is 0 Å². The molecule has 0 radical (unpaired) electrons. The molecular formula is C15H19F2NO3. The van der Waals surface area contributed by atoms with E-state index in [1.807, 2.05) is 6.07 Å². The highest BCUT2D eigenvalue weighted by Gasteiger charge is 2.27. The number of alkyl halides is 2. The molecule has 1 aromatic carbocycles. The Labute approximate surface area is 123 Å². The Balaban J connectivity index is 3.11. The van der Waals surface area contributed by atoms with E-state index in [-0.39, 0.29) is 12.2 Å². The number of ether oxygens (including phenoxy) is 3. The summed E-state index contributed by atoms with van der Waals surface area (Å²) in [6.07, 6.45) is -0.601. The van der Waals surface area contributed by atoms with E-state index < -0.39 is 18.8 Å². The molecule has 1 aromatic rings. The van der Waals surface area contributed by atoms with Gasteiger partial charge in [0.05, 0.1) is 12.0 Å². The number of hydrogen-bond donors (Lipinski definition) is 0. The van der Waals surface area contributed by atoms with E-state index in [9.17, 15) is 8.78 Å². The lowest BCUT2D eigenvalue weighted by atomic mass is 9.94. The van der Waals surface area contributed by atoms with E-state index in [0.717, 1.165) is 0 Å². The predicted octanol–water partition coefficient (Wildman–Crippen LogP) is 3.68. The molecule has 4 nitrogen and oxygen atoms in total. The lowest BCUT2D eigenvalue weighted by molar-refractivity contribution is -0.150. The van der Waals surface area contributed by atoms with E-state index in [1.165, 1.54) is 6.07 Å². The number of halogens is 2. The SMILES string of the molecule is CCOC(OCC)C(CC#N)c1ccccc1OC(F)F. The smallest absolute Gasteiger partial charge is 0.387 e. The molecule has 21 heavy (non-hydrogen) atoms. The third-order valence-corrected chi connectivity index (χ3v) is 2.84. The fourth-order valence-electron chi connectivity index (χ4n) is 2.05. The lowest BCUT2D eigenvalue weighted by Gasteiger charge is -2.26. The molecule has 0 N–H and O–H groups in total. The van der Waals surface area contributed by atoms with Gasteiger partial charge in [-0.2, -0.15) is 14.0 Å². The second-order valence-electron chi connectivity index (χ2n) is 4.16. The number of nitrogens with zero attached hydrogens (tertiary/aromatic N) is 1. The molecule has 0 saturated carbocycles. The van der Waals surface area contributed by atoms with Crippen molar-refractivity contribution in [3.63, 3.8) is 0 Å². The van der Waals surface area contributed by atoms with Gasteiger partial charge in [0.2, 0.25) is 0 Å². The van der Waals surface area contributed by atoms with E-state index in [1.54, 1.807) is 32.0 Å². The molecule has 0 saturated heterocycles. The molecule has 0 aliphatic heterocycles. The molecule has 0 aliphatic rings. The second kappa shape index (κ2) is 9.27. The Kier molecular flexibility index (Phi) is 7.65. The van der Waals surface area contributed by atoms with Crippen molar-refractivity contribution in [3.05, 3.63) is 29.8 Å². The zero-order chi connectivity index (χ0) is 15.7. The molecule has 0 amide bonds. The van der Waals surface area contributed by atoms with Gasteiger partial charge in [-0.3, -0.25) is 0 Å². The van der Waals surface area contributed by atoms with Gasteiger partial charge < -0.3 is 14.2 Å². The van der Waals surface area contributed by atoms with Crippen LogP contribution in [0.15, 0.2) is 24.3 Å². The molecule has 0 spiro atoms. The first-order chi connectivity index (χ1) is 10.1. The summed E-state index contributed by atoms with van der Waals surface area (Å²) >= 11 is 0. The van der Waals surface area contributed by atoms with Crippen LogP contribution >= 0.6 is 0 Å². The Morgan fingerprint density at radius 2 is 1.76 bits per heavy atom. The summed E-state index contributed by atoms with van der Waals surface area (Å²) in [5.74, 6) is -0.456. The zero-order valence-corrected chi connectivity index (χ0v) is 12.1. The molecule has 1 unspecified atom stereocenters. The summed E-state index contributed by atoms with van der Waals surface area (Å²) in [4.78, 5) is 0. The maximum Gasteiger partial charge on any atom is 0.387 e. The summed E-state index contributed by atoms with van der Waals surface area (Å²) in [5, 5.41) is 9.01. The number of para-hydroxylation sites is 1. The molecule has 1 rings (SSSR count). The van der Waals surface area contributed by atoms with E-state index in [0.29, 0.717) is 18.8 Å². The van der Waals surface area contributed by atoms with Crippen LogP contribution in [-0.2, 0) is 9.47 Å². The Morgan fingerprint density at radius 3 is 2.29 bits per heavy atom. The van der Waals surface area contributed by atoms with Crippen molar-refractivity contribution in [1.82, 2.24) is 0 Å². The van der Waals surface area contributed by atoms with Gasteiger partial charge in [-0.15, -0.1) is 0 Å². The summed E-state index contributed by atoms with van der Waals surface area (Å²) in [5.41, 5.74) is 0.478. The van der Waals surface area contributed by atoms with Crippen LogP contribution in [0.25, 0.3) is 0 Å². The summed E-state index contributed by atoms with van der Waals surface area (Å²) in [7, 11) is 0. The normalized spacial score (nSPS) is 12.4. The fourth-order valence-corrected chi connectivity index (χ4v) is 2.05. The minimum absolute atomic E-state index is 0.0390. The highest BCUT2D eigenvalue weighted by molar-refractivity contribution is 5.37. The first kappa shape index (κ1) is 17.3. The minimum atomic E-state index is -2.92. The van der Waals surface area contributed by atoms with Gasteiger partial charge in [-0.1, -0.05) is 18.2 Å². The summed E-state index contributed by atoms with van der Waals surface area (Å²) in [6, 6.07) is 8.43. The van der Waals surface area contributed by atoms with Gasteiger partial charge in [0, 0.05) is 25.2 Å². The molecule has 0 heterocycles. The van der Waals surface area contributed by atoms with Gasteiger partial charge >= 0.3 is 6.61 Å². The van der Waals surface area contributed by atoms with Crippen molar-refractivity contribution < 1.29 is 23.0 Å².